The Kier molecular flexibility index (Phi) is 7.31. The minimum atomic E-state index is -0.0883. The second kappa shape index (κ2) is 10.6. The quantitative estimate of drug-likeness (QED) is 0.347. The summed E-state index contributed by atoms with van der Waals surface area (Å²) >= 11 is 0. The Balaban J connectivity index is 0.000000141. The molecule has 1 aromatic rings. The fourth-order valence-electron chi connectivity index (χ4n) is 12.8. The predicted octanol–water partition coefficient (Wildman–Crippen LogP) is 8.33. The van der Waals surface area contributed by atoms with Crippen molar-refractivity contribution in [2.24, 2.45) is 51.8 Å². The summed E-state index contributed by atoms with van der Waals surface area (Å²) in [5, 5.41) is 20.0. The van der Waals surface area contributed by atoms with E-state index < -0.39 is 0 Å². The van der Waals surface area contributed by atoms with Crippen molar-refractivity contribution >= 4 is 11.6 Å². The molecule has 1 aromatic carbocycles. The van der Waals surface area contributed by atoms with Crippen molar-refractivity contribution in [1.29, 1.82) is 0 Å². The number of carbonyl (C=O) groups is 2. The number of phenolic OH excluding ortho intramolecular Hbond substituents is 1. The summed E-state index contributed by atoms with van der Waals surface area (Å²) in [6.07, 6.45) is 17.7. The van der Waals surface area contributed by atoms with E-state index in [0.717, 1.165) is 68.6 Å². The fraction of sp³-hybridized carbons (Fsp3) is 0.744. The molecule has 8 rings (SSSR count). The van der Waals surface area contributed by atoms with Crippen molar-refractivity contribution in [1.82, 2.24) is 0 Å². The zero-order chi connectivity index (χ0) is 30.3. The second-order valence-electron chi connectivity index (χ2n) is 16.7. The number of benzene rings is 1. The fourth-order valence-corrected chi connectivity index (χ4v) is 12.8. The van der Waals surface area contributed by atoms with Crippen molar-refractivity contribution in [3.05, 3.63) is 41.0 Å². The summed E-state index contributed by atoms with van der Waals surface area (Å²) in [5.41, 5.74) is 4.94. The van der Waals surface area contributed by atoms with E-state index in [4.69, 9.17) is 0 Å². The summed E-state index contributed by atoms with van der Waals surface area (Å²) in [4.78, 5) is 24.0. The van der Waals surface area contributed by atoms with Crippen LogP contribution >= 0.6 is 0 Å². The number of aliphatic hydroxyl groups excluding tert-OH is 1. The van der Waals surface area contributed by atoms with Crippen molar-refractivity contribution < 1.29 is 19.8 Å². The molecular weight excluding hydrogens is 532 g/mol. The minimum absolute atomic E-state index is 0.0883. The highest BCUT2D eigenvalue weighted by Crippen LogP contribution is 2.67. The number of phenols is 1. The standard InChI is InChI=1S/C21H30O2.C18H24O2/c1-13(22)17-6-7-18-16-5-4-14-12-15(23)8-10-20(14,2)19(16)9-11-21(17,18)3;1-18-9-8-14-13-5-3-12(19)10-11(13)2-4-15(14)16(18)6-7-17(18)20/h12,16-19H,4-11H2,1-3H3;3,5,10,14-17,19-20H,2,4,6-9H2,1H3/t16-,17+,18-,19-,20-,21+;14-,15-,16+,17+,18+/m01/s1. The van der Waals surface area contributed by atoms with Gasteiger partial charge in [-0.05, 0) is 171 Å². The SMILES string of the molecule is CC(=O)[C@H]1CC[C@H]2[C@@H]3CCC4=CC(=O)CC[C@]4(C)[C@H]3CC[C@]12C.C[C@]12CC[C@@H]3c4ccc(O)cc4CC[C@H]3[C@@H]1CC[C@@H]2O. The number of Topliss-reactive ketones (excluding diaryl/α,β-unsaturated/α-hetero) is 1. The van der Waals surface area contributed by atoms with Crippen LogP contribution in [0.15, 0.2) is 29.8 Å². The molecule has 5 saturated carbocycles. The third-order valence-electron chi connectivity index (χ3n) is 15.1. The number of ketones is 2. The van der Waals surface area contributed by atoms with Gasteiger partial charge in [0.05, 0.1) is 6.10 Å². The lowest BCUT2D eigenvalue weighted by molar-refractivity contribution is -0.128. The Morgan fingerprint density at radius 3 is 2.30 bits per heavy atom. The number of aryl methyl sites for hydroxylation is 1. The van der Waals surface area contributed by atoms with Crippen molar-refractivity contribution in [3.8, 4) is 5.75 Å². The van der Waals surface area contributed by atoms with Gasteiger partial charge in [0.15, 0.2) is 5.78 Å². The normalized spacial score (nSPS) is 46.1. The van der Waals surface area contributed by atoms with E-state index in [1.54, 1.807) is 6.92 Å². The van der Waals surface area contributed by atoms with Gasteiger partial charge >= 0.3 is 0 Å². The third kappa shape index (κ3) is 4.54. The molecule has 4 heteroatoms. The van der Waals surface area contributed by atoms with Gasteiger partial charge in [-0.3, -0.25) is 9.59 Å². The molecule has 234 valence electrons. The van der Waals surface area contributed by atoms with Crippen LogP contribution in [0.5, 0.6) is 5.75 Å². The first-order valence-corrected chi connectivity index (χ1v) is 17.7. The molecule has 0 heterocycles. The van der Waals surface area contributed by atoms with E-state index in [1.165, 1.54) is 61.6 Å². The Bertz CT molecular complexity index is 1330. The first kappa shape index (κ1) is 29.8. The van der Waals surface area contributed by atoms with Crippen molar-refractivity contribution in [2.75, 3.05) is 0 Å². The molecule has 0 aliphatic heterocycles. The van der Waals surface area contributed by atoms with Gasteiger partial charge in [0.25, 0.3) is 0 Å². The van der Waals surface area contributed by atoms with E-state index in [9.17, 15) is 19.8 Å². The maximum absolute atomic E-state index is 12.1. The topological polar surface area (TPSA) is 74.6 Å². The maximum Gasteiger partial charge on any atom is 0.155 e. The van der Waals surface area contributed by atoms with E-state index in [0.29, 0.717) is 35.1 Å². The second-order valence-corrected chi connectivity index (χ2v) is 16.7. The molecule has 0 radical (unpaired) electrons. The molecule has 7 aliphatic rings. The molecule has 4 nitrogen and oxygen atoms in total. The smallest absolute Gasteiger partial charge is 0.155 e. The van der Waals surface area contributed by atoms with Crippen LogP contribution in [0.25, 0.3) is 0 Å². The summed E-state index contributed by atoms with van der Waals surface area (Å²) in [6.45, 7) is 8.96. The lowest BCUT2D eigenvalue weighted by Gasteiger charge is -2.58. The van der Waals surface area contributed by atoms with Gasteiger partial charge in [0.1, 0.15) is 11.5 Å². The van der Waals surface area contributed by atoms with Gasteiger partial charge in [-0.15, -0.1) is 0 Å². The molecule has 5 fully saturated rings. The Morgan fingerprint density at radius 2 is 1.51 bits per heavy atom. The zero-order valence-corrected chi connectivity index (χ0v) is 27.0. The third-order valence-corrected chi connectivity index (χ3v) is 15.1. The lowest BCUT2D eigenvalue weighted by Crippen LogP contribution is -2.51. The van der Waals surface area contributed by atoms with Gasteiger partial charge < -0.3 is 10.2 Å². The number of hydrogen-bond acceptors (Lipinski definition) is 4. The first-order chi connectivity index (χ1) is 20.5. The zero-order valence-electron chi connectivity index (χ0n) is 27.0. The number of fused-ring (bicyclic) bond motifs is 10. The molecule has 43 heavy (non-hydrogen) atoms. The van der Waals surface area contributed by atoms with Crippen LogP contribution < -0.4 is 0 Å². The molecule has 0 amide bonds. The van der Waals surface area contributed by atoms with Crippen LogP contribution in [-0.4, -0.2) is 27.9 Å². The molecule has 7 aliphatic carbocycles. The molecule has 0 spiro atoms. The van der Waals surface area contributed by atoms with E-state index in [-0.39, 0.29) is 22.3 Å². The van der Waals surface area contributed by atoms with Crippen LogP contribution in [0.4, 0.5) is 0 Å². The van der Waals surface area contributed by atoms with E-state index >= 15 is 0 Å². The number of hydrogen-bond donors (Lipinski definition) is 2. The number of aliphatic hydroxyl groups is 1. The molecule has 0 aromatic heterocycles. The summed E-state index contributed by atoms with van der Waals surface area (Å²) < 4.78 is 0. The predicted molar refractivity (Wildman–Crippen MR) is 170 cm³/mol. The molecule has 2 N–H and O–H groups in total. The largest absolute Gasteiger partial charge is 0.508 e. The number of aromatic hydroxyl groups is 1. The van der Waals surface area contributed by atoms with Crippen LogP contribution in [0.2, 0.25) is 0 Å². The first-order valence-electron chi connectivity index (χ1n) is 17.7. The van der Waals surface area contributed by atoms with Crippen molar-refractivity contribution in [2.45, 2.75) is 130 Å². The highest BCUT2D eigenvalue weighted by Gasteiger charge is 2.60. The minimum Gasteiger partial charge on any atom is -0.508 e. The summed E-state index contributed by atoms with van der Waals surface area (Å²) in [5.74, 6) is 5.78. The van der Waals surface area contributed by atoms with Gasteiger partial charge in [-0.2, -0.15) is 0 Å². The van der Waals surface area contributed by atoms with Crippen molar-refractivity contribution in [3.63, 3.8) is 0 Å². The Hall–Kier alpha value is -1.94. The molecule has 0 bridgehead atoms. The average Bonchev–Trinajstić information content (AvgIpc) is 3.49. The van der Waals surface area contributed by atoms with Crippen LogP contribution in [0.1, 0.15) is 128 Å². The van der Waals surface area contributed by atoms with Crippen LogP contribution in [0.3, 0.4) is 0 Å². The summed E-state index contributed by atoms with van der Waals surface area (Å²) in [6, 6.07) is 5.96. The molecule has 0 saturated heterocycles. The summed E-state index contributed by atoms with van der Waals surface area (Å²) in [7, 11) is 0. The average molecular weight is 587 g/mol. The Labute approximate surface area is 259 Å². The lowest BCUT2D eigenvalue weighted by atomic mass is 9.47. The number of allylic oxidation sites excluding steroid dienone is 1. The molecular formula is C39H54O4. The van der Waals surface area contributed by atoms with Gasteiger partial charge in [0.2, 0.25) is 0 Å². The van der Waals surface area contributed by atoms with Gasteiger partial charge in [0, 0.05) is 12.3 Å². The highest BCUT2D eigenvalue weighted by atomic mass is 16.3. The highest BCUT2D eigenvalue weighted by molar-refractivity contribution is 5.91. The maximum atomic E-state index is 12.1. The number of rotatable bonds is 1. The van der Waals surface area contributed by atoms with Gasteiger partial charge in [-0.25, -0.2) is 0 Å². The van der Waals surface area contributed by atoms with Gasteiger partial charge in [-0.1, -0.05) is 32.4 Å². The van der Waals surface area contributed by atoms with E-state index in [2.05, 4.69) is 26.8 Å². The van der Waals surface area contributed by atoms with Crippen LogP contribution in [0, 0.1) is 51.8 Å². The van der Waals surface area contributed by atoms with E-state index in [1.807, 2.05) is 18.2 Å². The Morgan fingerprint density at radius 1 is 0.791 bits per heavy atom. The monoisotopic (exact) mass is 586 g/mol. The molecule has 0 unspecified atom stereocenters. The number of carbonyl (C=O) groups excluding carboxylic acids is 2. The molecule has 11 atom stereocenters. The van der Waals surface area contributed by atoms with Crippen LogP contribution in [-0.2, 0) is 16.0 Å².